The topological polar surface area (TPSA) is 49.9 Å². The summed E-state index contributed by atoms with van der Waals surface area (Å²) in [4.78, 5) is 27.0. The van der Waals surface area contributed by atoms with Crippen LogP contribution in [0.5, 0.6) is 0 Å². The number of fused-ring (bicyclic) bond motifs is 1. The SMILES string of the molecule is COC(=O)C(=O)N1CC2CCCN2CC1C. The molecule has 90 valence electrons. The molecule has 2 rings (SSSR count). The Kier molecular flexibility index (Phi) is 3.14. The van der Waals surface area contributed by atoms with E-state index >= 15 is 0 Å². The largest absolute Gasteiger partial charge is 0.462 e. The summed E-state index contributed by atoms with van der Waals surface area (Å²) in [7, 11) is 1.25. The van der Waals surface area contributed by atoms with E-state index in [1.165, 1.54) is 13.5 Å². The zero-order chi connectivity index (χ0) is 11.7. The lowest BCUT2D eigenvalue weighted by atomic mass is 10.1. The lowest BCUT2D eigenvalue weighted by molar-refractivity contribution is -0.161. The molecular weight excluding hydrogens is 208 g/mol. The summed E-state index contributed by atoms with van der Waals surface area (Å²) >= 11 is 0. The van der Waals surface area contributed by atoms with Gasteiger partial charge in [-0.05, 0) is 26.3 Å². The Labute approximate surface area is 95.3 Å². The average Bonchev–Trinajstić information content (AvgIpc) is 2.72. The van der Waals surface area contributed by atoms with Crippen molar-refractivity contribution in [2.24, 2.45) is 0 Å². The van der Waals surface area contributed by atoms with Crippen LogP contribution in [0.4, 0.5) is 0 Å². The maximum Gasteiger partial charge on any atom is 0.396 e. The smallest absolute Gasteiger partial charge is 0.396 e. The molecule has 0 radical (unpaired) electrons. The van der Waals surface area contributed by atoms with E-state index in [4.69, 9.17) is 0 Å². The third kappa shape index (κ3) is 1.91. The first-order valence-corrected chi connectivity index (χ1v) is 5.76. The van der Waals surface area contributed by atoms with Gasteiger partial charge in [-0.3, -0.25) is 9.69 Å². The second kappa shape index (κ2) is 4.41. The van der Waals surface area contributed by atoms with Gasteiger partial charge in [0, 0.05) is 25.2 Å². The number of piperazine rings is 1. The maximum absolute atomic E-state index is 11.8. The number of carbonyl (C=O) groups excluding carboxylic acids is 2. The van der Waals surface area contributed by atoms with Gasteiger partial charge in [0.1, 0.15) is 0 Å². The van der Waals surface area contributed by atoms with Gasteiger partial charge in [-0.1, -0.05) is 0 Å². The molecule has 0 N–H and O–H groups in total. The van der Waals surface area contributed by atoms with Gasteiger partial charge in [-0.25, -0.2) is 4.79 Å². The van der Waals surface area contributed by atoms with Crippen molar-refractivity contribution in [1.29, 1.82) is 0 Å². The number of ether oxygens (including phenoxy) is 1. The van der Waals surface area contributed by atoms with Crippen molar-refractivity contribution in [1.82, 2.24) is 9.80 Å². The van der Waals surface area contributed by atoms with Crippen LogP contribution in [0.3, 0.4) is 0 Å². The van der Waals surface area contributed by atoms with Gasteiger partial charge in [0.2, 0.25) is 0 Å². The van der Waals surface area contributed by atoms with Crippen LogP contribution in [0.2, 0.25) is 0 Å². The van der Waals surface area contributed by atoms with Crippen molar-refractivity contribution in [2.45, 2.75) is 31.8 Å². The Bertz CT molecular complexity index is 306. The number of hydrogen-bond acceptors (Lipinski definition) is 4. The summed E-state index contributed by atoms with van der Waals surface area (Å²) in [6, 6.07) is 0.533. The van der Waals surface area contributed by atoms with E-state index in [1.54, 1.807) is 4.90 Å². The fraction of sp³-hybridized carbons (Fsp3) is 0.818. The summed E-state index contributed by atoms with van der Waals surface area (Å²) in [6.45, 7) is 4.63. The average molecular weight is 226 g/mol. The predicted molar refractivity (Wildman–Crippen MR) is 57.8 cm³/mol. The number of rotatable bonds is 0. The van der Waals surface area contributed by atoms with Gasteiger partial charge in [0.25, 0.3) is 0 Å². The van der Waals surface area contributed by atoms with E-state index in [0.29, 0.717) is 12.6 Å². The lowest BCUT2D eigenvalue weighted by Crippen LogP contribution is -2.58. The van der Waals surface area contributed by atoms with Crippen LogP contribution in [0.25, 0.3) is 0 Å². The van der Waals surface area contributed by atoms with Gasteiger partial charge < -0.3 is 9.64 Å². The first kappa shape index (κ1) is 11.4. The van der Waals surface area contributed by atoms with Gasteiger partial charge in [-0.2, -0.15) is 0 Å². The normalized spacial score (nSPS) is 30.0. The minimum Gasteiger partial charge on any atom is -0.462 e. The van der Waals surface area contributed by atoms with Crippen molar-refractivity contribution >= 4 is 11.9 Å². The fourth-order valence-corrected chi connectivity index (χ4v) is 2.67. The number of carbonyl (C=O) groups is 2. The number of nitrogens with zero attached hydrogens (tertiary/aromatic N) is 2. The molecule has 2 atom stereocenters. The zero-order valence-electron chi connectivity index (χ0n) is 9.81. The van der Waals surface area contributed by atoms with Crippen LogP contribution in [-0.4, -0.2) is 60.5 Å². The molecule has 0 bridgehead atoms. The highest BCUT2D eigenvalue weighted by molar-refractivity contribution is 6.32. The molecule has 2 aliphatic rings. The Morgan fingerprint density at radius 2 is 2.06 bits per heavy atom. The lowest BCUT2D eigenvalue weighted by Gasteiger charge is -2.41. The van der Waals surface area contributed by atoms with Gasteiger partial charge in [-0.15, -0.1) is 0 Å². The number of esters is 1. The zero-order valence-corrected chi connectivity index (χ0v) is 9.81. The van der Waals surface area contributed by atoms with Crippen molar-refractivity contribution in [3.8, 4) is 0 Å². The van der Waals surface area contributed by atoms with Crippen molar-refractivity contribution in [3.05, 3.63) is 0 Å². The number of hydrogen-bond donors (Lipinski definition) is 0. The van der Waals surface area contributed by atoms with Crippen LogP contribution in [0.1, 0.15) is 19.8 Å². The van der Waals surface area contributed by atoms with E-state index < -0.39 is 11.9 Å². The standard InChI is InChI=1S/C11H18N2O3/c1-8-6-12-5-3-4-9(12)7-13(8)10(14)11(15)16-2/h8-9H,3-7H2,1-2H3. The molecule has 0 aromatic heterocycles. The second-order valence-corrected chi connectivity index (χ2v) is 4.59. The molecule has 2 unspecified atom stereocenters. The summed E-state index contributed by atoms with van der Waals surface area (Å²) in [6.07, 6.45) is 2.31. The van der Waals surface area contributed by atoms with Gasteiger partial charge in [0.15, 0.2) is 0 Å². The van der Waals surface area contributed by atoms with E-state index in [2.05, 4.69) is 9.64 Å². The maximum atomic E-state index is 11.8. The minimum absolute atomic E-state index is 0.0981. The first-order valence-electron chi connectivity index (χ1n) is 5.76. The molecule has 2 heterocycles. The molecule has 0 spiro atoms. The molecule has 0 aromatic rings. The molecule has 0 saturated carbocycles. The first-order chi connectivity index (χ1) is 7.63. The number of amides is 1. The fourth-order valence-electron chi connectivity index (χ4n) is 2.67. The molecule has 16 heavy (non-hydrogen) atoms. The van der Waals surface area contributed by atoms with Crippen LogP contribution >= 0.6 is 0 Å². The molecule has 5 heteroatoms. The van der Waals surface area contributed by atoms with E-state index in [0.717, 1.165) is 19.5 Å². The molecule has 1 amide bonds. The van der Waals surface area contributed by atoms with Gasteiger partial charge in [0.05, 0.1) is 7.11 Å². The van der Waals surface area contributed by atoms with E-state index in [9.17, 15) is 9.59 Å². The molecule has 2 saturated heterocycles. The molecule has 2 aliphatic heterocycles. The quantitative estimate of drug-likeness (QED) is 0.426. The monoisotopic (exact) mass is 226 g/mol. The van der Waals surface area contributed by atoms with E-state index in [-0.39, 0.29) is 6.04 Å². The van der Waals surface area contributed by atoms with Crippen LogP contribution in [0.15, 0.2) is 0 Å². The molecule has 0 aromatic carbocycles. The second-order valence-electron chi connectivity index (χ2n) is 4.59. The highest BCUT2D eigenvalue weighted by Crippen LogP contribution is 2.24. The Morgan fingerprint density at radius 3 is 2.75 bits per heavy atom. The highest BCUT2D eigenvalue weighted by atomic mass is 16.5. The minimum atomic E-state index is -0.752. The van der Waals surface area contributed by atoms with E-state index in [1.807, 2.05) is 6.92 Å². The Morgan fingerprint density at radius 1 is 1.31 bits per heavy atom. The third-order valence-electron chi connectivity index (χ3n) is 3.56. The Hall–Kier alpha value is -1.10. The summed E-state index contributed by atoms with van der Waals surface area (Å²) in [5.41, 5.74) is 0. The summed E-state index contributed by atoms with van der Waals surface area (Å²) in [5, 5.41) is 0. The highest BCUT2D eigenvalue weighted by Gasteiger charge is 2.38. The summed E-state index contributed by atoms with van der Waals surface area (Å²) in [5.74, 6) is -1.25. The van der Waals surface area contributed by atoms with Crippen molar-refractivity contribution in [2.75, 3.05) is 26.7 Å². The molecule has 2 fully saturated rings. The number of methoxy groups -OCH3 is 1. The van der Waals surface area contributed by atoms with Crippen LogP contribution in [-0.2, 0) is 14.3 Å². The molecule has 5 nitrogen and oxygen atoms in total. The van der Waals surface area contributed by atoms with Gasteiger partial charge >= 0.3 is 11.9 Å². The Balaban J connectivity index is 2.04. The summed E-state index contributed by atoms with van der Waals surface area (Å²) < 4.78 is 4.48. The van der Waals surface area contributed by atoms with Crippen LogP contribution in [0, 0.1) is 0 Å². The molecular formula is C11H18N2O3. The van der Waals surface area contributed by atoms with Crippen molar-refractivity contribution < 1.29 is 14.3 Å². The predicted octanol–water partition coefficient (Wildman–Crippen LogP) is -0.146. The van der Waals surface area contributed by atoms with Crippen LogP contribution < -0.4 is 0 Å². The third-order valence-corrected chi connectivity index (χ3v) is 3.56. The molecule has 0 aliphatic carbocycles. The van der Waals surface area contributed by atoms with Crippen molar-refractivity contribution in [3.63, 3.8) is 0 Å².